The van der Waals surface area contributed by atoms with E-state index in [4.69, 9.17) is 5.73 Å². The van der Waals surface area contributed by atoms with Gasteiger partial charge in [0.05, 0.1) is 6.04 Å². The largest absolute Gasteiger partial charge is 0.318 e. The van der Waals surface area contributed by atoms with Gasteiger partial charge in [0.2, 0.25) is 5.91 Å². The van der Waals surface area contributed by atoms with E-state index in [1.807, 2.05) is 38.1 Å². The second-order valence-electron chi connectivity index (χ2n) is 3.81. The lowest BCUT2D eigenvalue weighted by Gasteiger charge is -2.43. The average Bonchev–Trinajstić information content (AvgIpc) is 2.18. The second kappa shape index (κ2) is 3.10. The van der Waals surface area contributed by atoms with Gasteiger partial charge in [-0.15, -0.1) is 0 Å². The van der Waals surface area contributed by atoms with E-state index in [0.29, 0.717) is 0 Å². The molecule has 1 amide bonds. The number of nitrogens with two attached hydrogens (primary N) is 1. The summed E-state index contributed by atoms with van der Waals surface area (Å²) in [4.78, 5) is 13.2. The molecule has 3 nitrogen and oxygen atoms in total. The third-order valence-corrected chi connectivity index (χ3v) is 2.73. The van der Waals surface area contributed by atoms with Gasteiger partial charge in [-0.25, -0.2) is 0 Å². The van der Waals surface area contributed by atoms with Crippen LogP contribution in [0.15, 0.2) is 24.3 Å². The molecule has 1 aliphatic heterocycles. The van der Waals surface area contributed by atoms with Crippen LogP contribution >= 0.6 is 0 Å². The minimum atomic E-state index is -0.324. The van der Waals surface area contributed by atoms with Crippen LogP contribution in [0.25, 0.3) is 0 Å². The molecule has 1 aromatic rings. The summed E-state index contributed by atoms with van der Waals surface area (Å²) in [7, 11) is 0. The van der Waals surface area contributed by atoms with Gasteiger partial charge in [0.15, 0.2) is 0 Å². The Morgan fingerprint density at radius 3 is 2.71 bits per heavy atom. The smallest absolute Gasteiger partial charge is 0.246 e. The Labute approximate surface area is 83.5 Å². The zero-order chi connectivity index (χ0) is 10.3. The Balaban J connectivity index is 2.29. The first-order chi connectivity index (χ1) is 6.61. The number of anilines is 1. The summed E-state index contributed by atoms with van der Waals surface area (Å²) < 4.78 is 0. The molecule has 2 N–H and O–H groups in total. The standard InChI is InChI=1S/C11H14N2O/c1-7-4-3-5-9(6-7)13-8(2)10(12)11(13)14/h3-6,8,10H,12H2,1-2H3/t8-,10+/m0/s1. The topological polar surface area (TPSA) is 46.3 Å². The fraction of sp³-hybridized carbons (Fsp3) is 0.364. The molecule has 0 bridgehead atoms. The predicted octanol–water partition coefficient (Wildman–Crippen LogP) is 1.06. The molecule has 0 saturated carbocycles. The van der Waals surface area contributed by atoms with Gasteiger partial charge in [-0.3, -0.25) is 4.79 Å². The highest BCUT2D eigenvalue weighted by Gasteiger charge is 2.42. The number of rotatable bonds is 1. The summed E-state index contributed by atoms with van der Waals surface area (Å²) in [6.45, 7) is 3.98. The molecule has 3 heteroatoms. The number of aryl methyl sites for hydroxylation is 1. The third kappa shape index (κ3) is 1.21. The number of nitrogens with zero attached hydrogens (tertiary/aromatic N) is 1. The molecule has 2 rings (SSSR count). The number of hydrogen-bond acceptors (Lipinski definition) is 2. The minimum Gasteiger partial charge on any atom is -0.318 e. The molecule has 0 unspecified atom stereocenters. The van der Waals surface area contributed by atoms with Crippen LogP contribution in [-0.4, -0.2) is 18.0 Å². The van der Waals surface area contributed by atoms with Gasteiger partial charge in [0.1, 0.15) is 6.04 Å². The van der Waals surface area contributed by atoms with Crippen molar-refractivity contribution >= 4 is 11.6 Å². The summed E-state index contributed by atoms with van der Waals surface area (Å²) in [5.74, 6) is 0.0168. The number of hydrogen-bond donors (Lipinski definition) is 1. The molecule has 1 heterocycles. The molecule has 0 aromatic heterocycles. The van der Waals surface area contributed by atoms with Crippen LogP contribution in [0.3, 0.4) is 0 Å². The van der Waals surface area contributed by atoms with E-state index in [0.717, 1.165) is 11.3 Å². The molecule has 0 aliphatic carbocycles. The van der Waals surface area contributed by atoms with Gasteiger partial charge in [-0.05, 0) is 31.5 Å². The van der Waals surface area contributed by atoms with Gasteiger partial charge >= 0.3 is 0 Å². The Morgan fingerprint density at radius 1 is 1.43 bits per heavy atom. The molecule has 74 valence electrons. The normalized spacial score (nSPS) is 26.2. The molecule has 1 fully saturated rings. The average molecular weight is 190 g/mol. The van der Waals surface area contributed by atoms with Gasteiger partial charge < -0.3 is 10.6 Å². The minimum absolute atomic E-state index is 0.0168. The summed E-state index contributed by atoms with van der Waals surface area (Å²) in [5.41, 5.74) is 7.74. The highest BCUT2D eigenvalue weighted by Crippen LogP contribution is 2.27. The van der Waals surface area contributed by atoms with Crippen molar-refractivity contribution in [1.82, 2.24) is 0 Å². The van der Waals surface area contributed by atoms with Crippen molar-refractivity contribution in [2.75, 3.05) is 4.90 Å². The van der Waals surface area contributed by atoms with Crippen molar-refractivity contribution < 1.29 is 4.79 Å². The Kier molecular flexibility index (Phi) is 2.04. The summed E-state index contributed by atoms with van der Waals surface area (Å²) in [5, 5.41) is 0. The maximum atomic E-state index is 11.5. The molecule has 0 radical (unpaired) electrons. The molecule has 2 atom stereocenters. The van der Waals surface area contributed by atoms with Gasteiger partial charge in [-0.2, -0.15) is 0 Å². The molecule has 1 aromatic carbocycles. The molecular weight excluding hydrogens is 176 g/mol. The lowest BCUT2D eigenvalue weighted by Crippen LogP contribution is -2.67. The predicted molar refractivity (Wildman–Crippen MR) is 56.1 cm³/mol. The lowest BCUT2D eigenvalue weighted by molar-refractivity contribution is -0.125. The van der Waals surface area contributed by atoms with Gasteiger partial charge in [-0.1, -0.05) is 12.1 Å². The van der Waals surface area contributed by atoms with Crippen molar-refractivity contribution in [2.24, 2.45) is 5.73 Å². The highest BCUT2D eigenvalue weighted by atomic mass is 16.2. The molecule has 14 heavy (non-hydrogen) atoms. The third-order valence-electron chi connectivity index (χ3n) is 2.73. The SMILES string of the molecule is Cc1cccc(N2C(=O)[C@H](N)[C@@H]2C)c1. The van der Waals surface area contributed by atoms with Crippen LogP contribution in [0.2, 0.25) is 0 Å². The van der Waals surface area contributed by atoms with Gasteiger partial charge in [0.25, 0.3) is 0 Å². The van der Waals surface area contributed by atoms with Crippen LogP contribution in [0.1, 0.15) is 12.5 Å². The van der Waals surface area contributed by atoms with E-state index in [1.165, 1.54) is 0 Å². The Hall–Kier alpha value is -1.35. The molecule has 1 aliphatic rings. The number of β-lactam (4-membered cyclic amide) rings is 1. The molecular formula is C11H14N2O. The van der Waals surface area contributed by atoms with Crippen LogP contribution in [0, 0.1) is 6.92 Å². The number of benzene rings is 1. The first-order valence-corrected chi connectivity index (χ1v) is 4.76. The van der Waals surface area contributed by atoms with Crippen molar-refractivity contribution in [3.8, 4) is 0 Å². The van der Waals surface area contributed by atoms with Crippen molar-refractivity contribution in [3.05, 3.63) is 29.8 Å². The highest BCUT2D eigenvalue weighted by molar-refractivity contribution is 6.05. The first-order valence-electron chi connectivity index (χ1n) is 4.76. The summed E-state index contributed by atoms with van der Waals surface area (Å²) >= 11 is 0. The monoisotopic (exact) mass is 190 g/mol. The van der Waals surface area contributed by atoms with E-state index in [1.54, 1.807) is 4.90 Å². The maximum Gasteiger partial charge on any atom is 0.246 e. The van der Waals surface area contributed by atoms with Crippen LogP contribution in [-0.2, 0) is 4.79 Å². The summed E-state index contributed by atoms with van der Waals surface area (Å²) in [6, 6.07) is 7.69. The van der Waals surface area contributed by atoms with Crippen LogP contribution < -0.4 is 10.6 Å². The van der Waals surface area contributed by atoms with Crippen molar-refractivity contribution in [2.45, 2.75) is 25.9 Å². The van der Waals surface area contributed by atoms with E-state index in [9.17, 15) is 4.79 Å². The second-order valence-corrected chi connectivity index (χ2v) is 3.81. The maximum absolute atomic E-state index is 11.5. The Bertz CT molecular complexity index is 375. The number of amides is 1. The Morgan fingerprint density at radius 2 is 2.14 bits per heavy atom. The molecule has 1 saturated heterocycles. The van der Waals surface area contributed by atoms with Crippen molar-refractivity contribution in [3.63, 3.8) is 0 Å². The quantitative estimate of drug-likeness (QED) is 0.673. The van der Waals surface area contributed by atoms with Crippen LogP contribution in [0.4, 0.5) is 5.69 Å². The van der Waals surface area contributed by atoms with E-state index in [-0.39, 0.29) is 18.0 Å². The zero-order valence-corrected chi connectivity index (χ0v) is 8.40. The van der Waals surface area contributed by atoms with E-state index >= 15 is 0 Å². The van der Waals surface area contributed by atoms with Crippen LogP contribution in [0.5, 0.6) is 0 Å². The fourth-order valence-electron chi connectivity index (χ4n) is 1.79. The zero-order valence-electron chi connectivity index (χ0n) is 8.40. The van der Waals surface area contributed by atoms with Gasteiger partial charge in [0, 0.05) is 5.69 Å². The lowest BCUT2D eigenvalue weighted by atomic mass is 9.96. The first kappa shape index (κ1) is 9.21. The van der Waals surface area contributed by atoms with Crippen molar-refractivity contribution in [1.29, 1.82) is 0 Å². The number of carbonyl (C=O) groups is 1. The fourth-order valence-corrected chi connectivity index (χ4v) is 1.79. The molecule has 0 spiro atoms. The summed E-state index contributed by atoms with van der Waals surface area (Å²) in [6.07, 6.45) is 0. The van der Waals surface area contributed by atoms with E-state index < -0.39 is 0 Å². The number of carbonyl (C=O) groups excluding carboxylic acids is 1. The van der Waals surface area contributed by atoms with E-state index in [2.05, 4.69) is 0 Å².